The van der Waals surface area contributed by atoms with Gasteiger partial charge in [0.1, 0.15) is 5.75 Å². The molecule has 1 N–H and O–H groups in total. The summed E-state index contributed by atoms with van der Waals surface area (Å²) in [5.41, 5.74) is 5.63. The summed E-state index contributed by atoms with van der Waals surface area (Å²) in [6.07, 6.45) is 0. The van der Waals surface area contributed by atoms with Gasteiger partial charge in [0.25, 0.3) is 0 Å². The van der Waals surface area contributed by atoms with Crippen molar-refractivity contribution in [2.75, 3.05) is 6.54 Å². The topological polar surface area (TPSA) is 34.2 Å². The van der Waals surface area contributed by atoms with E-state index in [0.717, 1.165) is 35.7 Å². The van der Waals surface area contributed by atoms with Crippen LogP contribution in [0.4, 0.5) is 0 Å². The molecule has 0 aliphatic heterocycles. The molecule has 0 spiro atoms. The van der Waals surface area contributed by atoms with Gasteiger partial charge in [0.2, 0.25) is 5.88 Å². The Balaban J connectivity index is 2.40. The largest absolute Gasteiger partial charge is 0.438 e. The SMILES string of the molecule is CCNCc1c(C)cc(C)nc1Oc1cc(C)ccc1C. The fraction of sp³-hybridized carbons (Fsp3) is 0.389. The first-order valence-corrected chi connectivity index (χ1v) is 7.44. The van der Waals surface area contributed by atoms with Crippen molar-refractivity contribution < 1.29 is 4.74 Å². The highest BCUT2D eigenvalue weighted by molar-refractivity contribution is 5.42. The van der Waals surface area contributed by atoms with Crippen LogP contribution in [0, 0.1) is 27.7 Å². The van der Waals surface area contributed by atoms with E-state index in [1.807, 2.05) is 6.92 Å². The molecule has 0 atom stereocenters. The molecule has 2 rings (SSSR count). The van der Waals surface area contributed by atoms with Crippen LogP contribution in [0.3, 0.4) is 0 Å². The molecule has 0 aliphatic carbocycles. The van der Waals surface area contributed by atoms with E-state index in [1.54, 1.807) is 0 Å². The second kappa shape index (κ2) is 6.72. The third-order valence-electron chi connectivity index (χ3n) is 3.54. The minimum Gasteiger partial charge on any atom is -0.438 e. The monoisotopic (exact) mass is 284 g/mol. The van der Waals surface area contributed by atoms with Crippen LogP contribution < -0.4 is 10.1 Å². The number of aryl methyl sites for hydroxylation is 4. The molecule has 0 unspecified atom stereocenters. The molecular weight excluding hydrogens is 260 g/mol. The van der Waals surface area contributed by atoms with Crippen molar-refractivity contribution in [2.24, 2.45) is 0 Å². The molecule has 3 nitrogen and oxygen atoms in total. The van der Waals surface area contributed by atoms with Crippen molar-refractivity contribution in [2.45, 2.75) is 41.2 Å². The lowest BCUT2D eigenvalue weighted by Crippen LogP contribution is -2.14. The fourth-order valence-electron chi connectivity index (χ4n) is 2.30. The van der Waals surface area contributed by atoms with Gasteiger partial charge in [0, 0.05) is 17.8 Å². The number of nitrogens with one attached hydrogen (secondary N) is 1. The van der Waals surface area contributed by atoms with Gasteiger partial charge in [-0.05, 0) is 63.1 Å². The fourth-order valence-corrected chi connectivity index (χ4v) is 2.30. The quantitative estimate of drug-likeness (QED) is 0.892. The summed E-state index contributed by atoms with van der Waals surface area (Å²) in [4.78, 5) is 4.59. The van der Waals surface area contributed by atoms with Crippen molar-refractivity contribution in [1.82, 2.24) is 10.3 Å². The van der Waals surface area contributed by atoms with Crippen molar-refractivity contribution in [3.63, 3.8) is 0 Å². The molecule has 2 aromatic rings. The van der Waals surface area contributed by atoms with Crippen molar-refractivity contribution in [1.29, 1.82) is 0 Å². The molecule has 0 amide bonds. The van der Waals surface area contributed by atoms with Crippen molar-refractivity contribution in [3.05, 3.63) is 52.2 Å². The zero-order valence-electron chi connectivity index (χ0n) is 13.6. The van der Waals surface area contributed by atoms with Gasteiger partial charge in [-0.2, -0.15) is 0 Å². The van der Waals surface area contributed by atoms with Gasteiger partial charge >= 0.3 is 0 Å². The summed E-state index contributed by atoms with van der Waals surface area (Å²) in [5.74, 6) is 1.59. The Hall–Kier alpha value is -1.87. The second-order valence-electron chi connectivity index (χ2n) is 5.52. The van der Waals surface area contributed by atoms with E-state index in [-0.39, 0.29) is 0 Å². The van der Waals surface area contributed by atoms with E-state index < -0.39 is 0 Å². The number of nitrogens with zero attached hydrogens (tertiary/aromatic N) is 1. The summed E-state index contributed by atoms with van der Waals surface area (Å²) < 4.78 is 6.13. The maximum absolute atomic E-state index is 6.13. The first-order chi connectivity index (χ1) is 10.0. The summed E-state index contributed by atoms with van der Waals surface area (Å²) >= 11 is 0. The van der Waals surface area contributed by atoms with E-state index in [9.17, 15) is 0 Å². The highest BCUT2D eigenvalue weighted by Crippen LogP contribution is 2.29. The molecule has 0 aliphatic rings. The van der Waals surface area contributed by atoms with E-state index in [0.29, 0.717) is 5.88 Å². The van der Waals surface area contributed by atoms with Crippen LogP contribution in [0.2, 0.25) is 0 Å². The summed E-state index contributed by atoms with van der Waals surface area (Å²) in [7, 11) is 0. The Morgan fingerprint density at radius 3 is 2.52 bits per heavy atom. The molecule has 1 aromatic carbocycles. The van der Waals surface area contributed by atoms with Crippen LogP contribution in [-0.4, -0.2) is 11.5 Å². The van der Waals surface area contributed by atoms with Gasteiger partial charge < -0.3 is 10.1 Å². The molecule has 0 fully saturated rings. The van der Waals surface area contributed by atoms with E-state index in [1.165, 1.54) is 11.1 Å². The lowest BCUT2D eigenvalue weighted by atomic mass is 10.1. The van der Waals surface area contributed by atoms with Crippen LogP contribution in [0.1, 0.15) is 34.9 Å². The molecule has 0 saturated carbocycles. The number of aromatic nitrogens is 1. The predicted molar refractivity (Wildman–Crippen MR) is 87.1 cm³/mol. The summed E-state index contributed by atoms with van der Waals surface area (Å²) in [6.45, 7) is 12.0. The van der Waals surface area contributed by atoms with Gasteiger partial charge in [-0.1, -0.05) is 19.1 Å². The maximum atomic E-state index is 6.13. The second-order valence-corrected chi connectivity index (χ2v) is 5.52. The van der Waals surface area contributed by atoms with E-state index in [2.05, 4.69) is 62.3 Å². The van der Waals surface area contributed by atoms with Crippen LogP contribution in [0.5, 0.6) is 11.6 Å². The molecule has 0 saturated heterocycles. The minimum atomic E-state index is 0.710. The summed E-state index contributed by atoms with van der Waals surface area (Å²) in [6, 6.07) is 8.34. The molecule has 0 bridgehead atoms. The zero-order valence-corrected chi connectivity index (χ0v) is 13.6. The van der Waals surface area contributed by atoms with Crippen LogP contribution >= 0.6 is 0 Å². The molecule has 112 valence electrons. The van der Waals surface area contributed by atoms with E-state index >= 15 is 0 Å². The first-order valence-electron chi connectivity index (χ1n) is 7.44. The standard InChI is InChI=1S/C18H24N2O/c1-6-19-11-16-14(4)10-15(5)20-18(16)21-17-9-12(2)7-8-13(17)3/h7-10,19H,6,11H2,1-5H3. The van der Waals surface area contributed by atoms with Gasteiger partial charge in [-0.3, -0.25) is 0 Å². The highest BCUT2D eigenvalue weighted by Gasteiger charge is 2.12. The smallest absolute Gasteiger partial charge is 0.224 e. The molecule has 21 heavy (non-hydrogen) atoms. The van der Waals surface area contributed by atoms with Crippen LogP contribution in [0.15, 0.2) is 24.3 Å². The lowest BCUT2D eigenvalue weighted by Gasteiger charge is -2.15. The highest BCUT2D eigenvalue weighted by atomic mass is 16.5. The number of ether oxygens (including phenoxy) is 1. The molecule has 1 aromatic heterocycles. The predicted octanol–water partition coefficient (Wildman–Crippen LogP) is 4.22. The molecule has 1 heterocycles. The third kappa shape index (κ3) is 3.82. The van der Waals surface area contributed by atoms with Crippen molar-refractivity contribution >= 4 is 0 Å². The Morgan fingerprint density at radius 2 is 1.81 bits per heavy atom. The lowest BCUT2D eigenvalue weighted by molar-refractivity contribution is 0.447. The number of rotatable bonds is 5. The molecule has 0 radical (unpaired) electrons. The minimum absolute atomic E-state index is 0.710. The van der Waals surface area contributed by atoms with Crippen LogP contribution in [-0.2, 0) is 6.54 Å². The Kier molecular flexibility index (Phi) is 4.97. The van der Waals surface area contributed by atoms with Gasteiger partial charge in [0.05, 0.1) is 0 Å². The number of benzene rings is 1. The van der Waals surface area contributed by atoms with Crippen LogP contribution in [0.25, 0.3) is 0 Å². The Labute approximate surface area is 127 Å². The van der Waals surface area contributed by atoms with Crippen molar-refractivity contribution in [3.8, 4) is 11.6 Å². The zero-order chi connectivity index (χ0) is 15.4. The van der Waals surface area contributed by atoms with Gasteiger partial charge in [0.15, 0.2) is 0 Å². The van der Waals surface area contributed by atoms with Gasteiger partial charge in [-0.15, -0.1) is 0 Å². The van der Waals surface area contributed by atoms with E-state index in [4.69, 9.17) is 4.74 Å². The summed E-state index contributed by atoms with van der Waals surface area (Å²) in [5, 5.41) is 3.36. The average Bonchev–Trinajstić information content (AvgIpc) is 2.42. The maximum Gasteiger partial charge on any atom is 0.224 e. The number of hydrogen-bond acceptors (Lipinski definition) is 3. The third-order valence-corrected chi connectivity index (χ3v) is 3.54. The van der Waals surface area contributed by atoms with Gasteiger partial charge in [-0.25, -0.2) is 4.98 Å². The average molecular weight is 284 g/mol. The Morgan fingerprint density at radius 1 is 1.05 bits per heavy atom. The Bertz CT molecular complexity index is 635. The molecular formula is C18H24N2O. The first kappa shape index (κ1) is 15.5. The number of hydrogen-bond donors (Lipinski definition) is 1. The molecule has 3 heteroatoms. The normalized spacial score (nSPS) is 10.7. The number of pyridine rings is 1.